The van der Waals surface area contributed by atoms with Crippen LogP contribution in [0.4, 0.5) is 0 Å². The average Bonchev–Trinajstić information content (AvgIpc) is 2.21. The zero-order chi connectivity index (χ0) is 10.7. The fourth-order valence-electron chi connectivity index (χ4n) is 1.15. The van der Waals surface area contributed by atoms with Gasteiger partial charge in [-0.3, -0.25) is 9.36 Å². The summed E-state index contributed by atoms with van der Waals surface area (Å²) in [6, 6.07) is 0. The van der Waals surface area contributed by atoms with Crippen molar-refractivity contribution in [1.82, 2.24) is 14.8 Å². The molecule has 0 aromatic carbocycles. The van der Waals surface area contributed by atoms with Gasteiger partial charge in [-0.25, -0.2) is 0 Å². The number of thioether (sulfide) groups is 1. The molecule has 0 amide bonds. The van der Waals surface area contributed by atoms with Crippen LogP contribution >= 0.6 is 11.8 Å². The molecule has 1 heterocycles. The molecule has 0 fully saturated rings. The van der Waals surface area contributed by atoms with Crippen molar-refractivity contribution in [2.75, 3.05) is 6.26 Å². The van der Waals surface area contributed by atoms with E-state index >= 15 is 0 Å². The Morgan fingerprint density at radius 1 is 1.50 bits per heavy atom. The number of nitrogens with zero attached hydrogens (tertiary/aromatic N) is 3. The zero-order valence-electron chi connectivity index (χ0n) is 8.94. The Labute approximate surface area is 87.7 Å². The van der Waals surface area contributed by atoms with Gasteiger partial charge in [-0.15, -0.1) is 10.2 Å². The molecule has 0 aliphatic rings. The van der Waals surface area contributed by atoms with E-state index in [4.69, 9.17) is 0 Å². The molecule has 1 aromatic rings. The third-order valence-corrected chi connectivity index (χ3v) is 3.04. The van der Waals surface area contributed by atoms with Gasteiger partial charge >= 0.3 is 0 Å². The lowest BCUT2D eigenvalue weighted by molar-refractivity contribution is 0.591. The normalized spacial score (nSPS) is 12.9. The summed E-state index contributed by atoms with van der Waals surface area (Å²) in [7, 11) is 1.73. The summed E-state index contributed by atoms with van der Waals surface area (Å²) in [5.74, 6) is 0.178. The second-order valence-corrected chi connectivity index (χ2v) is 4.02. The second-order valence-electron chi connectivity index (χ2n) is 3.25. The zero-order valence-corrected chi connectivity index (χ0v) is 9.76. The summed E-state index contributed by atoms with van der Waals surface area (Å²) in [6.07, 6.45) is 2.79. The molecular formula is C9H15N3OS. The minimum atomic E-state index is -0.0290. The fraction of sp³-hybridized carbons (Fsp3) is 0.667. The minimum absolute atomic E-state index is 0.0290. The summed E-state index contributed by atoms with van der Waals surface area (Å²) in [4.78, 5) is 11.8. The molecule has 1 atom stereocenters. The smallest absolute Gasteiger partial charge is 0.276 e. The van der Waals surface area contributed by atoms with Crippen LogP contribution in [0, 0.1) is 0 Å². The monoisotopic (exact) mass is 213 g/mol. The van der Waals surface area contributed by atoms with E-state index in [9.17, 15) is 4.79 Å². The molecule has 0 saturated carbocycles. The third-order valence-electron chi connectivity index (χ3n) is 2.32. The Bertz CT molecular complexity index is 375. The molecule has 0 N–H and O–H groups in total. The predicted octanol–water partition coefficient (Wildman–Crippen LogP) is 1.41. The second kappa shape index (κ2) is 4.59. The molecule has 5 heteroatoms. The lowest BCUT2D eigenvalue weighted by Crippen LogP contribution is -2.26. The largest absolute Gasteiger partial charge is 0.288 e. The Hall–Kier alpha value is -0.840. The van der Waals surface area contributed by atoms with E-state index < -0.39 is 0 Å². The first-order valence-electron chi connectivity index (χ1n) is 4.59. The number of rotatable bonds is 3. The maximum absolute atomic E-state index is 11.8. The van der Waals surface area contributed by atoms with Gasteiger partial charge in [-0.1, -0.05) is 25.6 Å². The summed E-state index contributed by atoms with van der Waals surface area (Å²) in [5.41, 5.74) is 0.534. The first-order chi connectivity index (χ1) is 6.61. The maximum atomic E-state index is 11.8. The van der Waals surface area contributed by atoms with Crippen LogP contribution in [0.15, 0.2) is 9.95 Å². The Morgan fingerprint density at radius 2 is 2.14 bits per heavy atom. The molecule has 78 valence electrons. The van der Waals surface area contributed by atoms with Gasteiger partial charge < -0.3 is 0 Å². The summed E-state index contributed by atoms with van der Waals surface area (Å²) < 4.78 is 1.55. The van der Waals surface area contributed by atoms with Crippen LogP contribution in [0.25, 0.3) is 0 Å². The average molecular weight is 213 g/mol. The fourth-order valence-corrected chi connectivity index (χ4v) is 1.62. The summed E-state index contributed by atoms with van der Waals surface area (Å²) >= 11 is 1.43. The van der Waals surface area contributed by atoms with E-state index in [0.717, 1.165) is 6.42 Å². The van der Waals surface area contributed by atoms with Crippen molar-refractivity contribution in [2.24, 2.45) is 7.05 Å². The SMILES string of the molecule is CCC(C)c1nnc(SC)n(C)c1=O. The van der Waals surface area contributed by atoms with E-state index in [2.05, 4.69) is 10.2 Å². The highest BCUT2D eigenvalue weighted by Crippen LogP contribution is 2.13. The molecule has 0 spiro atoms. The van der Waals surface area contributed by atoms with Crippen LogP contribution in [0.5, 0.6) is 0 Å². The molecule has 14 heavy (non-hydrogen) atoms. The van der Waals surface area contributed by atoms with Crippen LogP contribution in [-0.4, -0.2) is 21.0 Å². The van der Waals surface area contributed by atoms with Gasteiger partial charge in [0.25, 0.3) is 5.56 Å². The van der Waals surface area contributed by atoms with Crippen LogP contribution in [0.1, 0.15) is 31.9 Å². The van der Waals surface area contributed by atoms with Gasteiger partial charge in [-0.05, 0) is 12.7 Å². The van der Waals surface area contributed by atoms with E-state index in [1.807, 2.05) is 20.1 Å². The molecule has 4 nitrogen and oxygen atoms in total. The van der Waals surface area contributed by atoms with Crippen molar-refractivity contribution in [3.05, 3.63) is 16.0 Å². The van der Waals surface area contributed by atoms with E-state index in [1.165, 1.54) is 11.8 Å². The van der Waals surface area contributed by atoms with Crippen molar-refractivity contribution in [2.45, 2.75) is 31.3 Å². The summed E-state index contributed by atoms with van der Waals surface area (Å²) in [5, 5.41) is 8.63. The first-order valence-corrected chi connectivity index (χ1v) is 5.81. The quantitative estimate of drug-likeness (QED) is 0.712. The van der Waals surface area contributed by atoms with Gasteiger partial charge in [0.2, 0.25) is 0 Å². The van der Waals surface area contributed by atoms with Crippen molar-refractivity contribution in [3.63, 3.8) is 0 Å². The Morgan fingerprint density at radius 3 is 2.64 bits per heavy atom. The van der Waals surface area contributed by atoms with Crippen molar-refractivity contribution >= 4 is 11.8 Å². The molecule has 1 aromatic heterocycles. The van der Waals surface area contributed by atoms with E-state index in [1.54, 1.807) is 11.6 Å². The van der Waals surface area contributed by atoms with Gasteiger partial charge in [0.05, 0.1) is 0 Å². The van der Waals surface area contributed by atoms with Crippen LogP contribution < -0.4 is 5.56 Å². The molecule has 0 bridgehead atoms. The lowest BCUT2D eigenvalue weighted by Gasteiger charge is -2.09. The number of hydrogen-bond acceptors (Lipinski definition) is 4. The predicted molar refractivity (Wildman–Crippen MR) is 57.8 cm³/mol. The Balaban J connectivity index is 3.24. The molecule has 1 rings (SSSR count). The summed E-state index contributed by atoms with van der Waals surface area (Å²) in [6.45, 7) is 4.03. The molecular weight excluding hydrogens is 198 g/mol. The maximum Gasteiger partial charge on any atom is 0.276 e. The molecule has 0 aliphatic carbocycles. The topological polar surface area (TPSA) is 47.8 Å². The standard InChI is InChI=1S/C9H15N3OS/c1-5-6(2)7-8(13)12(3)9(14-4)11-10-7/h6H,5H2,1-4H3. The van der Waals surface area contributed by atoms with E-state index in [0.29, 0.717) is 10.9 Å². The number of hydrogen-bond donors (Lipinski definition) is 0. The van der Waals surface area contributed by atoms with Gasteiger partial charge in [0.1, 0.15) is 5.69 Å². The Kier molecular flexibility index (Phi) is 3.69. The molecule has 0 aliphatic heterocycles. The molecule has 0 radical (unpaired) electrons. The first kappa shape index (κ1) is 11.2. The van der Waals surface area contributed by atoms with Crippen molar-refractivity contribution in [1.29, 1.82) is 0 Å². The van der Waals surface area contributed by atoms with Gasteiger partial charge in [-0.2, -0.15) is 0 Å². The molecule has 1 unspecified atom stereocenters. The molecule has 0 saturated heterocycles. The van der Waals surface area contributed by atoms with Crippen LogP contribution in [0.2, 0.25) is 0 Å². The highest BCUT2D eigenvalue weighted by Gasteiger charge is 2.13. The lowest BCUT2D eigenvalue weighted by atomic mass is 10.1. The minimum Gasteiger partial charge on any atom is -0.288 e. The van der Waals surface area contributed by atoms with Gasteiger partial charge in [0.15, 0.2) is 5.16 Å². The van der Waals surface area contributed by atoms with Crippen LogP contribution in [-0.2, 0) is 7.05 Å². The van der Waals surface area contributed by atoms with Gasteiger partial charge in [0, 0.05) is 13.0 Å². The van der Waals surface area contributed by atoms with Crippen molar-refractivity contribution in [3.8, 4) is 0 Å². The highest BCUT2D eigenvalue weighted by molar-refractivity contribution is 7.98. The van der Waals surface area contributed by atoms with Crippen LogP contribution in [0.3, 0.4) is 0 Å². The third kappa shape index (κ3) is 1.97. The van der Waals surface area contributed by atoms with Crippen molar-refractivity contribution < 1.29 is 0 Å². The highest BCUT2D eigenvalue weighted by atomic mass is 32.2. The van der Waals surface area contributed by atoms with E-state index in [-0.39, 0.29) is 11.5 Å². The number of aromatic nitrogens is 3.